The highest BCUT2D eigenvalue weighted by Gasteiger charge is 2.41. The lowest BCUT2D eigenvalue weighted by Gasteiger charge is -2.21. The number of aliphatic carboxylic acids is 1. The van der Waals surface area contributed by atoms with Crippen LogP contribution in [0.15, 0.2) is 0 Å². The topological polar surface area (TPSA) is 110 Å². The van der Waals surface area contributed by atoms with E-state index in [4.69, 9.17) is 14.6 Å². The van der Waals surface area contributed by atoms with E-state index in [0.29, 0.717) is 12.8 Å². The largest absolute Gasteiger partial charge is 0.479 e. The molecular formula is C14H22O7. The summed E-state index contributed by atoms with van der Waals surface area (Å²) in [5.41, 5.74) is -2.48. The number of ether oxygens (including phenoxy) is 2. The molecule has 2 N–H and O–H groups in total. The van der Waals surface area contributed by atoms with Crippen molar-refractivity contribution >= 4 is 17.9 Å². The number of hydrogen-bond acceptors (Lipinski definition) is 6. The van der Waals surface area contributed by atoms with Crippen molar-refractivity contribution < 1.29 is 34.1 Å². The summed E-state index contributed by atoms with van der Waals surface area (Å²) in [4.78, 5) is 34.2. The van der Waals surface area contributed by atoms with Gasteiger partial charge in [0.2, 0.25) is 0 Å². The monoisotopic (exact) mass is 302 g/mol. The summed E-state index contributed by atoms with van der Waals surface area (Å²) in [7, 11) is 0. The summed E-state index contributed by atoms with van der Waals surface area (Å²) in [6, 6.07) is 0. The predicted octanol–water partition coefficient (Wildman–Crippen LogP) is 1.02. The molecule has 21 heavy (non-hydrogen) atoms. The molecule has 1 aliphatic rings. The van der Waals surface area contributed by atoms with Crippen LogP contribution < -0.4 is 0 Å². The van der Waals surface area contributed by atoms with Gasteiger partial charge in [-0.05, 0) is 12.8 Å². The molecule has 1 aliphatic heterocycles. The molecule has 0 radical (unpaired) electrons. The molecule has 1 heterocycles. The van der Waals surface area contributed by atoms with Gasteiger partial charge in [0, 0.05) is 0 Å². The van der Waals surface area contributed by atoms with Crippen molar-refractivity contribution in [2.45, 2.75) is 57.0 Å². The summed E-state index contributed by atoms with van der Waals surface area (Å²) in [6.07, 6.45) is 3.70. The van der Waals surface area contributed by atoms with Crippen LogP contribution in [-0.4, -0.2) is 46.9 Å². The maximum Gasteiger partial charge on any atom is 0.336 e. The molecule has 0 bridgehead atoms. The molecule has 0 aromatic rings. The minimum atomic E-state index is -2.48. The van der Waals surface area contributed by atoms with Crippen molar-refractivity contribution in [1.82, 2.24) is 0 Å². The molecular weight excluding hydrogens is 280 g/mol. The first-order valence-corrected chi connectivity index (χ1v) is 7.21. The van der Waals surface area contributed by atoms with Crippen LogP contribution in [-0.2, 0) is 23.9 Å². The quantitative estimate of drug-likeness (QED) is 0.696. The van der Waals surface area contributed by atoms with Crippen molar-refractivity contribution in [3.05, 3.63) is 0 Å². The number of carbonyl (C=O) groups excluding carboxylic acids is 2. The Balaban J connectivity index is 2.68. The molecule has 120 valence electrons. The molecule has 0 unspecified atom stereocenters. The van der Waals surface area contributed by atoms with Crippen LogP contribution in [0.25, 0.3) is 0 Å². The normalized spacial score (nSPS) is 22.3. The Morgan fingerprint density at radius 1 is 0.857 bits per heavy atom. The van der Waals surface area contributed by atoms with Gasteiger partial charge in [-0.1, -0.05) is 25.7 Å². The first kappa shape index (κ1) is 17.4. The van der Waals surface area contributed by atoms with Gasteiger partial charge in [0.15, 0.2) is 5.60 Å². The van der Waals surface area contributed by atoms with Gasteiger partial charge in [0.25, 0.3) is 0 Å². The van der Waals surface area contributed by atoms with E-state index in [1.807, 2.05) is 0 Å². The molecule has 1 saturated heterocycles. The maximum absolute atomic E-state index is 11.5. The highest BCUT2D eigenvalue weighted by atomic mass is 16.5. The van der Waals surface area contributed by atoms with Gasteiger partial charge in [0.1, 0.15) is 0 Å². The third kappa shape index (κ3) is 6.57. The van der Waals surface area contributed by atoms with Gasteiger partial charge in [0.05, 0.1) is 26.1 Å². The van der Waals surface area contributed by atoms with E-state index in [1.165, 1.54) is 0 Å². The standard InChI is InChI=1S/C14H22O7/c15-11-9-14(19,13(17)18)10-12(16)21-8-6-4-2-1-3-5-7-20-11/h19H,1-10H2,(H,17,18). The maximum atomic E-state index is 11.5. The first-order chi connectivity index (χ1) is 9.94. The fourth-order valence-electron chi connectivity index (χ4n) is 2.08. The number of esters is 2. The Kier molecular flexibility index (Phi) is 7.14. The van der Waals surface area contributed by atoms with E-state index in [1.54, 1.807) is 0 Å². The van der Waals surface area contributed by atoms with Crippen LogP contribution in [0.1, 0.15) is 51.4 Å². The third-order valence-electron chi connectivity index (χ3n) is 3.34. The Morgan fingerprint density at radius 3 is 1.62 bits per heavy atom. The summed E-state index contributed by atoms with van der Waals surface area (Å²) in [5.74, 6) is -3.30. The zero-order valence-electron chi connectivity index (χ0n) is 12.0. The molecule has 7 heteroatoms. The third-order valence-corrected chi connectivity index (χ3v) is 3.34. The van der Waals surface area contributed by atoms with E-state index in [2.05, 4.69) is 0 Å². The number of carboxylic acids is 1. The van der Waals surface area contributed by atoms with E-state index in [-0.39, 0.29) is 13.2 Å². The zero-order valence-corrected chi connectivity index (χ0v) is 12.0. The molecule has 1 fully saturated rings. The molecule has 7 nitrogen and oxygen atoms in total. The summed E-state index contributed by atoms with van der Waals surface area (Å²) >= 11 is 0. The van der Waals surface area contributed by atoms with Crippen LogP contribution >= 0.6 is 0 Å². The van der Waals surface area contributed by atoms with Crippen molar-refractivity contribution in [2.24, 2.45) is 0 Å². The minimum absolute atomic E-state index is 0.193. The van der Waals surface area contributed by atoms with Gasteiger partial charge in [-0.2, -0.15) is 0 Å². The second-order valence-corrected chi connectivity index (χ2v) is 5.25. The molecule has 0 spiro atoms. The second kappa shape index (κ2) is 8.61. The van der Waals surface area contributed by atoms with Gasteiger partial charge in [-0.25, -0.2) is 4.79 Å². The lowest BCUT2D eigenvalue weighted by atomic mass is 9.96. The summed E-state index contributed by atoms with van der Waals surface area (Å²) in [6.45, 7) is 0.387. The first-order valence-electron chi connectivity index (χ1n) is 7.21. The fraction of sp³-hybridized carbons (Fsp3) is 0.786. The molecule has 0 aromatic heterocycles. The predicted molar refractivity (Wildman–Crippen MR) is 71.4 cm³/mol. The SMILES string of the molecule is O=C1CC(O)(C(=O)O)CC(=O)OCCCCCCCCO1. The number of carbonyl (C=O) groups is 3. The average Bonchev–Trinajstić information content (AvgIpc) is 2.40. The number of carboxylic acid groups (broad SMARTS) is 1. The molecule has 0 aliphatic carbocycles. The fourth-order valence-corrected chi connectivity index (χ4v) is 2.08. The van der Waals surface area contributed by atoms with E-state index in [0.717, 1.165) is 25.7 Å². The molecule has 0 atom stereocenters. The van der Waals surface area contributed by atoms with Gasteiger partial charge < -0.3 is 19.7 Å². The summed E-state index contributed by atoms with van der Waals surface area (Å²) < 4.78 is 9.77. The van der Waals surface area contributed by atoms with Crippen LogP contribution in [0.5, 0.6) is 0 Å². The second-order valence-electron chi connectivity index (χ2n) is 5.25. The van der Waals surface area contributed by atoms with Crippen LogP contribution in [0.4, 0.5) is 0 Å². The van der Waals surface area contributed by atoms with E-state index in [9.17, 15) is 19.5 Å². The van der Waals surface area contributed by atoms with Gasteiger partial charge >= 0.3 is 17.9 Å². The average molecular weight is 302 g/mol. The Bertz CT molecular complexity index is 352. The van der Waals surface area contributed by atoms with Crippen LogP contribution in [0.2, 0.25) is 0 Å². The molecule has 0 aromatic carbocycles. The van der Waals surface area contributed by atoms with Gasteiger partial charge in [-0.15, -0.1) is 0 Å². The number of cyclic esters (lactones) is 2. The molecule has 0 saturated carbocycles. The number of rotatable bonds is 1. The van der Waals surface area contributed by atoms with Crippen LogP contribution in [0.3, 0.4) is 0 Å². The molecule has 0 amide bonds. The Morgan fingerprint density at radius 2 is 1.24 bits per heavy atom. The molecule has 1 rings (SSSR count). The Labute approximate surface area is 123 Å². The smallest absolute Gasteiger partial charge is 0.336 e. The summed E-state index contributed by atoms with van der Waals surface area (Å²) in [5, 5.41) is 19.0. The van der Waals surface area contributed by atoms with Gasteiger partial charge in [-0.3, -0.25) is 9.59 Å². The van der Waals surface area contributed by atoms with Crippen molar-refractivity contribution in [3.8, 4) is 0 Å². The number of hydrogen-bond donors (Lipinski definition) is 2. The Hall–Kier alpha value is -1.63. The highest BCUT2D eigenvalue weighted by molar-refractivity contribution is 5.88. The highest BCUT2D eigenvalue weighted by Crippen LogP contribution is 2.18. The van der Waals surface area contributed by atoms with Crippen molar-refractivity contribution in [2.75, 3.05) is 13.2 Å². The lowest BCUT2D eigenvalue weighted by Crippen LogP contribution is -2.43. The van der Waals surface area contributed by atoms with Crippen molar-refractivity contribution in [3.63, 3.8) is 0 Å². The van der Waals surface area contributed by atoms with Crippen LogP contribution in [0, 0.1) is 0 Å². The van der Waals surface area contributed by atoms with E-state index < -0.39 is 36.4 Å². The lowest BCUT2D eigenvalue weighted by molar-refractivity contribution is -0.173. The van der Waals surface area contributed by atoms with E-state index >= 15 is 0 Å². The zero-order chi connectivity index (χ0) is 15.7. The van der Waals surface area contributed by atoms with Crippen molar-refractivity contribution in [1.29, 1.82) is 0 Å². The number of aliphatic hydroxyl groups is 1. The minimum Gasteiger partial charge on any atom is -0.479 e.